The number of amides is 2. The van der Waals surface area contributed by atoms with Gasteiger partial charge in [-0.15, -0.1) is 0 Å². The third kappa shape index (κ3) is 4.00. The molecule has 0 spiro atoms. The third-order valence-corrected chi connectivity index (χ3v) is 5.28. The molecule has 1 heterocycles. The van der Waals surface area contributed by atoms with Gasteiger partial charge >= 0.3 is 12.1 Å². The molecule has 0 aromatic heterocycles. The van der Waals surface area contributed by atoms with Crippen LogP contribution in [0.4, 0.5) is 13.2 Å². The number of rotatable bonds is 6. The van der Waals surface area contributed by atoms with Gasteiger partial charge < -0.3 is 15.0 Å². The molecular weight excluding hydrogens is 448 g/mol. The van der Waals surface area contributed by atoms with Crippen molar-refractivity contribution in [2.75, 3.05) is 13.7 Å². The molecule has 0 unspecified atom stereocenters. The van der Waals surface area contributed by atoms with Crippen LogP contribution in [0.15, 0.2) is 29.5 Å². The fourth-order valence-corrected chi connectivity index (χ4v) is 3.71. The van der Waals surface area contributed by atoms with Gasteiger partial charge in [-0.05, 0) is 31.5 Å². The molecule has 1 N–H and O–H groups in total. The Balaban J connectivity index is 2.66. The zero-order chi connectivity index (χ0) is 22.9. The Bertz CT molecular complexity index is 918. The Hall–Kier alpha value is -2.26. The predicted molar refractivity (Wildman–Crippen MR) is 104 cm³/mol. The highest BCUT2D eigenvalue weighted by Crippen LogP contribution is 2.45. The van der Waals surface area contributed by atoms with Gasteiger partial charge in [0.15, 0.2) is 0 Å². The van der Waals surface area contributed by atoms with Crippen LogP contribution in [-0.2, 0) is 14.3 Å². The van der Waals surface area contributed by atoms with E-state index in [0.29, 0.717) is 12.8 Å². The van der Waals surface area contributed by atoms with E-state index in [-0.39, 0.29) is 27.9 Å². The van der Waals surface area contributed by atoms with Gasteiger partial charge in [0.05, 0.1) is 17.7 Å². The fourth-order valence-electron chi connectivity index (χ4n) is 3.22. The van der Waals surface area contributed by atoms with Crippen molar-refractivity contribution >= 4 is 41.0 Å². The topological polar surface area (TPSA) is 75.7 Å². The largest absolute Gasteiger partial charge is 0.466 e. The van der Waals surface area contributed by atoms with Crippen molar-refractivity contribution in [1.82, 2.24) is 10.2 Å². The van der Waals surface area contributed by atoms with E-state index < -0.39 is 35.1 Å². The highest BCUT2D eigenvalue weighted by Gasteiger charge is 2.70. The Morgan fingerprint density at radius 1 is 1.27 bits per heavy atom. The Kier molecular flexibility index (Phi) is 7.08. The summed E-state index contributed by atoms with van der Waals surface area (Å²) in [5, 5.41) is 1.67. The Morgan fingerprint density at radius 2 is 1.90 bits per heavy atom. The minimum Gasteiger partial charge on any atom is -0.466 e. The first kappa shape index (κ1) is 24.0. The van der Waals surface area contributed by atoms with Gasteiger partial charge in [0.2, 0.25) is 0 Å². The number of benzene rings is 1. The number of hydrogen-bond acceptors (Lipinski definition) is 4. The van der Waals surface area contributed by atoms with E-state index >= 15 is 0 Å². The van der Waals surface area contributed by atoms with Crippen molar-refractivity contribution < 1.29 is 32.3 Å². The van der Waals surface area contributed by atoms with E-state index in [4.69, 9.17) is 23.2 Å². The highest BCUT2D eigenvalue weighted by atomic mass is 35.5. The fraction of sp³-hybridized carbons (Fsp3) is 0.421. The zero-order valence-electron chi connectivity index (χ0n) is 16.3. The van der Waals surface area contributed by atoms with Crippen molar-refractivity contribution in [2.24, 2.45) is 0 Å². The Labute approximate surface area is 180 Å². The van der Waals surface area contributed by atoms with E-state index in [1.165, 1.54) is 19.1 Å². The van der Waals surface area contributed by atoms with Crippen molar-refractivity contribution in [1.29, 1.82) is 0 Å². The summed E-state index contributed by atoms with van der Waals surface area (Å²) in [6, 6.07) is 3.55. The third-order valence-electron chi connectivity index (χ3n) is 4.73. The zero-order valence-corrected chi connectivity index (χ0v) is 17.8. The molecule has 164 valence electrons. The molecule has 2 amide bonds. The quantitative estimate of drug-likeness (QED) is 0.639. The number of methoxy groups -OCH3 is 1. The molecule has 11 heteroatoms. The number of esters is 1. The number of allylic oxidation sites excluding steroid dienone is 1. The molecule has 0 radical (unpaired) electrons. The molecule has 0 fully saturated rings. The van der Waals surface area contributed by atoms with Crippen LogP contribution < -0.4 is 5.32 Å². The lowest BCUT2D eigenvalue weighted by atomic mass is 9.88. The van der Waals surface area contributed by atoms with Crippen LogP contribution in [0.3, 0.4) is 0 Å². The van der Waals surface area contributed by atoms with Crippen molar-refractivity contribution in [3.8, 4) is 0 Å². The van der Waals surface area contributed by atoms with E-state index in [1.807, 2.05) is 0 Å². The summed E-state index contributed by atoms with van der Waals surface area (Å²) in [4.78, 5) is 38.9. The first-order valence-electron chi connectivity index (χ1n) is 8.88. The number of hydrogen-bond donors (Lipinski definition) is 1. The summed E-state index contributed by atoms with van der Waals surface area (Å²) in [5.41, 5.74) is -5.18. The number of alkyl halides is 3. The van der Waals surface area contributed by atoms with Gasteiger partial charge in [-0.1, -0.05) is 36.5 Å². The molecule has 0 aliphatic carbocycles. The lowest BCUT2D eigenvalue weighted by Crippen LogP contribution is -2.66. The Morgan fingerprint density at radius 3 is 2.40 bits per heavy atom. The molecule has 1 aliphatic heterocycles. The highest BCUT2D eigenvalue weighted by molar-refractivity contribution is 6.36. The van der Waals surface area contributed by atoms with E-state index in [1.54, 1.807) is 12.2 Å². The minimum absolute atomic E-state index is 0.0585. The lowest BCUT2D eigenvalue weighted by molar-refractivity contribution is -0.192. The van der Waals surface area contributed by atoms with E-state index in [2.05, 4.69) is 4.74 Å². The summed E-state index contributed by atoms with van der Waals surface area (Å²) in [5.74, 6) is -4.16. The maximum absolute atomic E-state index is 14.4. The summed E-state index contributed by atoms with van der Waals surface area (Å²) in [6.07, 6.45) is -4.36. The average Bonchev–Trinajstić information content (AvgIpc) is 2.86. The monoisotopic (exact) mass is 466 g/mol. The number of halogens is 5. The first-order valence-corrected chi connectivity index (χ1v) is 9.63. The molecule has 0 saturated heterocycles. The van der Waals surface area contributed by atoms with Crippen molar-refractivity contribution in [3.05, 3.63) is 45.1 Å². The maximum atomic E-state index is 14.4. The number of unbranched alkanes of at least 4 members (excludes halogenated alkanes) is 1. The average molecular weight is 467 g/mol. The number of carbonyl (C=O) groups excluding carboxylic acids is 3. The second-order valence-corrected chi connectivity index (χ2v) is 7.43. The van der Waals surface area contributed by atoms with Gasteiger partial charge in [0, 0.05) is 17.3 Å². The summed E-state index contributed by atoms with van der Waals surface area (Å²) < 4.78 is 47.6. The van der Waals surface area contributed by atoms with Crippen molar-refractivity contribution in [3.63, 3.8) is 0 Å². The molecule has 30 heavy (non-hydrogen) atoms. The predicted octanol–water partition coefficient (Wildman–Crippen LogP) is 4.11. The maximum Gasteiger partial charge on any atom is 0.425 e. The molecule has 1 aromatic carbocycles. The molecular formula is C19H19Cl2F3N2O4. The van der Waals surface area contributed by atoms with Gasteiger partial charge in [-0.2, -0.15) is 13.2 Å². The second-order valence-electron chi connectivity index (χ2n) is 6.59. The van der Waals surface area contributed by atoms with Crippen LogP contribution >= 0.6 is 23.2 Å². The second kappa shape index (κ2) is 8.85. The first-order chi connectivity index (χ1) is 13.9. The molecule has 1 aromatic rings. The van der Waals surface area contributed by atoms with Crippen LogP contribution in [0.1, 0.15) is 37.0 Å². The van der Waals surface area contributed by atoms with Crippen LogP contribution in [0, 0.1) is 0 Å². The number of carbonyl (C=O) groups is 3. The van der Waals surface area contributed by atoms with Crippen LogP contribution in [0.5, 0.6) is 0 Å². The van der Waals surface area contributed by atoms with Crippen LogP contribution in [0.2, 0.25) is 10.0 Å². The molecule has 1 aliphatic rings. The lowest BCUT2D eigenvalue weighted by Gasteiger charge is -2.33. The van der Waals surface area contributed by atoms with Gasteiger partial charge in [-0.3, -0.25) is 9.59 Å². The minimum atomic E-state index is -5.34. The smallest absolute Gasteiger partial charge is 0.425 e. The molecule has 2 rings (SSSR count). The van der Waals surface area contributed by atoms with Crippen LogP contribution in [0.25, 0.3) is 0 Å². The van der Waals surface area contributed by atoms with E-state index in [9.17, 15) is 27.6 Å². The molecule has 0 bridgehead atoms. The standard InChI is InChI=1S/C19H19Cl2F3N2O4/c1-4-5-8-26-10(2)14(16(28)30-3)18(17(26)29,19(22,23)24)25-15(27)12-7-6-11(20)9-13(12)21/h6-7,9H,4-5,8H2,1-3H3,(H,25,27)/t18-/m0/s1. The van der Waals surface area contributed by atoms with E-state index in [0.717, 1.165) is 18.1 Å². The number of nitrogens with zero attached hydrogens (tertiary/aromatic N) is 1. The summed E-state index contributed by atoms with van der Waals surface area (Å²) in [7, 11) is 0.890. The number of nitrogens with one attached hydrogen (secondary N) is 1. The molecule has 0 saturated carbocycles. The molecule has 1 atom stereocenters. The van der Waals surface area contributed by atoms with Gasteiger partial charge in [0.1, 0.15) is 5.57 Å². The van der Waals surface area contributed by atoms with Crippen molar-refractivity contribution in [2.45, 2.75) is 38.4 Å². The summed E-state index contributed by atoms with van der Waals surface area (Å²) >= 11 is 11.7. The normalized spacial score (nSPS) is 19.3. The van der Waals surface area contributed by atoms with Gasteiger partial charge in [-0.25, -0.2) is 4.79 Å². The summed E-state index contributed by atoms with van der Waals surface area (Å²) in [6.45, 7) is 2.94. The number of ether oxygens (including phenoxy) is 1. The van der Waals surface area contributed by atoms with Crippen LogP contribution in [-0.4, -0.2) is 48.1 Å². The van der Waals surface area contributed by atoms with Gasteiger partial charge in [0.25, 0.3) is 17.4 Å². The molecule has 6 nitrogen and oxygen atoms in total. The SMILES string of the molecule is CCCCN1C(=O)[C@](NC(=O)c2ccc(Cl)cc2Cl)(C(F)(F)F)C(C(=O)OC)=C1C.